The minimum Gasteiger partial charge on any atom is -0.395 e. The molecule has 70 valence electrons. The van der Waals surface area contributed by atoms with E-state index in [0.29, 0.717) is 19.8 Å². The maximum Gasteiger partial charge on any atom is 0.233 e. The van der Waals surface area contributed by atoms with Crippen molar-refractivity contribution < 1.29 is 14.6 Å². The Kier molecular flexibility index (Phi) is 3.05. The van der Waals surface area contributed by atoms with Crippen molar-refractivity contribution >= 4 is 5.91 Å². The van der Waals surface area contributed by atoms with Crippen LogP contribution in [0.2, 0.25) is 0 Å². The van der Waals surface area contributed by atoms with Gasteiger partial charge in [-0.1, -0.05) is 6.92 Å². The minimum atomic E-state index is -0.644. The first-order chi connectivity index (χ1) is 5.75. The highest BCUT2D eigenvalue weighted by atomic mass is 16.5. The summed E-state index contributed by atoms with van der Waals surface area (Å²) in [5.74, 6) is -0.0851. The first kappa shape index (κ1) is 9.48. The Hall–Kier alpha value is -0.610. The van der Waals surface area contributed by atoms with Crippen LogP contribution in [-0.2, 0) is 9.53 Å². The molecule has 0 radical (unpaired) electrons. The van der Waals surface area contributed by atoms with E-state index < -0.39 is 5.41 Å². The second kappa shape index (κ2) is 3.87. The highest BCUT2D eigenvalue weighted by molar-refractivity contribution is 5.83. The summed E-state index contributed by atoms with van der Waals surface area (Å²) in [7, 11) is 0. The van der Waals surface area contributed by atoms with Gasteiger partial charge in [-0.25, -0.2) is 0 Å². The van der Waals surface area contributed by atoms with Crippen molar-refractivity contribution in [2.75, 3.05) is 26.4 Å². The van der Waals surface area contributed by atoms with Crippen LogP contribution in [0.5, 0.6) is 0 Å². The number of hydrogen-bond donors (Lipinski definition) is 2. The highest BCUT2D eigenvalue weighted by Crippen LogP contribution is 2.26. The zero-order chi connectivity index (χ0) is 9.03. The van der Waals surface area contributed by atoms with Gasteiger partial charge in [-0.15, -0.1) is 0 Å². The average Bonchev–Trinajstić information content (AvgIpc) is 2.00. The number of aliphatic hydroxyl groups is 1. The van der Waals surface area contributed by atoms with E-state index in [1.807, 2.05) is 6.92 Å². The summed E-state index contributed by atoms with van der Waals surface area (Å²) in [6.45, 7) is 3.23. The van der Waals surface area contributed by atoms with Crippen molar-refractivity contribution in [3.63, 3.8) is 0 Å². The van der Waals surface area contributed by atoms with Crippen LogP contribution in [0.3, 0.4) is 0 Å². The molecule has 0 aromatic rings. The molecule has 12 heavy (non-hydrogen) atoms. The lowest BCUT2D eigenvalue weighted by Crippen LogP contribution is -2.56. The molecule has 1 rings (SSSR count). The van der Waals surface area contributed by atoms with Crippen molar-refractivity contribution in [3.05, 3.63) is 0 Å². The molecule has 2 N–H and O–H groups in total. The van der Waals surface area contributed by atoms with Crippen molar-refractivity contribution in [1.29, 1.82) is 0 Å². The van der Waals surface area contributed by atoms with Gasteiger partial charge in [0.2, 0.25) is 5.91 Å². The van der Waals surface area contributed by atoms with E-state index in [4.69, 9.17) is 9.84 Å². The molecular formula is C8H15NO3. The molecule has 1 amide bonds. The van der Waals surface area contributed by atoms with Crippen molar-refractivity contribution in [1.82, 2.24) is 5.32 Å². The number of aliphatic hydroxyl groups excluding tert-OH is 1. The molecule has 0 atom stereocenters. The van der Waals surface area contributed by atoms with Crippen LogP contribution in [0.1, 0.15) is 13.3 Å². The maximum atomic E-state index is 11.4. The van der Waals surface area contributed by atoms with Gasteiger partial charge in [0.25, 0.3) is 0 Å². The molecule has 0 aromatic carbocycles. The normalized spacial score (nSPS) is 19.8. The molecule has 0 saturated carbocycles. The van der Waals surface area contributed by atoms with E-state index >= 15 is 0 Å². The fraction of sp³-hybridized carbons (Fsp3) is 0.875. The Bertz CT molecular complexity index is 160. The van der Waals surface area contributed by atoms with Crippen LogP contribution >= 0.6 is 0 Å². The van der Waals surface area contributed by atoms with E-state index in [-0.39, 0.29) is 12.5 Å². The second-order valence-electron chi connectivity index (χ2n) is 3.19. The lowest BCUT2D eigenvalue weighted by Gasteiger charge is -2.37. The predicted octanol–water partition coefficient (Wildman–Crippen LogP) is -0.479. The Labute approximate surface area is 71.9 Å². The Morgan fingerprint density at radius 2 is 2.33 bits per heavy atom. The zero-order valence-electron chi connectivity index (χ0n) is 7.30. The van der Waals surface area contributed by atoms with Crippen molar-refractivity contribution in [2.45, 2.75) is 13.3 Å². The molecule has 0 unspecified atom stereocenters. The minimum absolute atomic E-state index is 0.0851. The molecule has 0 aromatic heterocycles. The van der Waals surface area contributed by atoms with Crippen molar-refractivity contribution in [2.24, 2.45) is 5.41 Å². The number of nitrogens with one attached hydrogen (secondary N) is 1. The van der Waals surface area contributed by atoms with E-state index in [1.165, 1.54) is 0 Å². The Morgan fingerprint density at radius 1 is 1.67 bits per heavy atom. The monoisotopic (exact) mass is 173 g/mol. The first-order valence-corrected chi connectivity index (χ1v) is 4.22. The van der Waals surface area contributed by atoms with Gasteiger partial charge >= 0.3 is 0 Å². The van der Waals surface area contributed by atoms with E-state index in [9.17, 15) is 4.79 Å². The van der Waals surface area contributed by atoms with Gasteiger partial charge in [-0.3, -0.25) is 4.79 Å². The molecular weight excluding hydrogens is 158 g/mol. The summed E-state index contributed by atoms with van der Waals surface area (Å²) in [6, 6.07) is 0. The van der Waals surface area contributed by atoms with E-state index in [0.717, 1.165) is 6.42 Å². The topological polar surface area (TPSA) is 58.6 Å². The largest absolute Gasteiger partial charge is 0.395 e. The van der Waals surface area contributed by atoms with Gasteiger partial charge in [0, 0.05) is 6.54 Å². The second-order valence-corrected chi connectivity index (χ2v) is 3.19. The first-order valence-electron chi connectivity index (χ1n) is 4.22. The van der Waals surface area contributed by atoms with Gasteiger partial charge in [0.1, 0.15) is 5.41 Å². The summed E-state index contributed by atoms with van der Waals surface area (Å²) in [4.78, 5) is 11.4. The number of amides is 1. The molecule has 0 aliphatic carbocycles. The lowest BCUT2D eigenvalue weighted by molar-refractivity contribution is -0.169. The number of carbonyl (C=O) groups excluding carboxylic acids is 1. The van der Waals surface area contributed by atoms with E-state index in [1.54, 1.807) is 0 Å². The fourth-order valence-corrected chi connectivity index (χ4v) is 1.07. The third-order valence-electron chi connectivity index (χ3n) is 2.08. The van der Waals surface area contributed by atoms with Crippen LogP contribution in [0.15, 0.2) is 0 Å². The molecule has 1 saturated heterocycles. The third-order valence-corrected chi connectivity index (χ3v) is 2.08. The summed E-state index contributed by atoms with van der Waals surface area (Å²) in [5.41, 5.74) is -0.644. The summed E-state index contributed by atoms with van der Waals surface area (Å²) in [6.07, 6.45) is 0.911. The molecule has 0 spiro atoms. The van der Waals surface area contributed by atoms with E-state index in [2.05, 4.69) is 5.32 Å². The molecule has 4 heteroatoms. The molecule has 1 aliphatic heterocycles. The third kappa shape index (κ3) is 1.59. The van der Waals surface area contributed by atoms with Crippen LogP contribution in [-0.4, -0.2) is 37.4 Å². The molecule has 0 bridgehead atoms. The average molecular weight is 173 g/mol. The van der Waals surface area contributed by atoms with Crippen LogP contribution in [0, 0.1) is 5.41 Å². The maximum absolute atomic E-state index is 11.4. The van der Waals surface area contributed by atoms with Gasteiger partial charge in [-0.2, -0.15) is 0 Å². The van der Waals surface area contributed by atoms with Gasteiger partial charge in [-0.05, 0) is 6.42 Å². The zero-order valence-corrected chi connectivity index (χ0v) is 7.30. The van der Waals surface area contributed by atoms with Gasteiger partial charge in [0.05, 0.1) is 19.8 Å². The Morgan fingerprint density at radius 3 is 2.67 bits per heavy atom. The SMILES string of the molecule is CCCNC(=O)C1(CO)COC1. The smallest absolute Gasteiger partial charge is 0.233 e. The fourth-order valence-electron chi connectivity index (χ4n) is 1.07. The molecule has 4 nitrogen and oxygen atoms in total. The standard InChI is InChI=1S/C8H15NO3/c1-2-3-9-7(11)8(4-10)5-12-6-8/h10H,2-6H2,1H3,(H,9,11). The Balaban J connectivity index is 2.38. The predicted molar refractivity (Wildman–Crippen MR) is 43.6 cm³/mol. The lowest BCUT2D eigenvalue weighted by atomic mass is 9.86. The van der Waals surface area contributed by atoms with Gasteiger partial charge in [0.15, 0.2) is 0 Å². The summed E-state index contributed by atoms with van der Waals surface area (Å²) >= 11 is 0. The number of carbonyl (C=O) groups is 1. The van der Waals surface area contributed by atoms with Crippen LogP contribution < -0.4 is 5.32 Å². The quantitative estimate of drug-likeness (QED) is 0.603. The highest BCUT2D eigenvalue weighted by Gasteiger charge is 2.45. The van der Waals surface area contributed by atoms with Crippen LogP contribution in [0.4, 0.5) is 0 Å². The molecule has 1 fully saturated rings. The van der Waals surface area contributed by atoms with Crippen molar-refractivity contribution in [3.8, 4) is 0 Å². The summed E-state index contributed by atoms with van der Waals surface area (Å²) in [5, 5.41) is 11.7. The number of hydrogen-bond acceptors (Lipinski definition) is 3. The molecule has 1 heterocycles. The molecule has 1 aliphatic rings. The number of ether oxygens (including phenoxy) is 1. The number of rotatable bonds is 4. The summed E-state index contributed by atoms with van der Waals surface area (Å²) < 4.78 is 4.91. The van der Waals surface area contributed by atoms with Crippen LogP contribution in [0.25, 0.3) is 0 Å². The van der Waals surface area contributed by atoms with Gasteiger partial charge < -0.3 is 15.2 Å².